The molecule has 0 aromatic carbocycles. The maximum atomic E-state index is 11.6. The first-order valence-electron chi connectivity index (χ1n) is 6.98. The van der Waals surface area contributed by atoms with E-state index in [2.05, 4.69) is 10.6 Å². The van der Waals surface area contributed by atoms with Gasteiger partial charge in [-0.3, -0.25) is 4.79 Å². The number of hydrogen-bond acceptors (Lipinski definition) is 3. The molecule has 4 heteroatoms. The minimum absolute atomic E-state index is 0.126. The molecule has 0 bridgehead atoms. The SMILES string of the molecule is COC1CCC(NCCC(=O)NC(C)(C)C)CC1. The average molecular weight is 256 g/mol. The molecule has 2 N–H and O–H groups in total. The topological polar surface area (TPSA) is 50.4 Å². The molecule has 4 nitrogen and oxygen atoms in total. The van der Waals surface area contributed by atoms with Gasteiger partial charge in [-0.2, -0.15) is 0 Å². The van der Waals surface area contributed by atoms with Gasteiger partial charge in [0, 0.05) is 31.7 Å². The average Bonchev–Trinajstić information content (AvgIpc) is 2.27. The molecule has 0 aromatic heterocycles. The maximum absolute atomic E-state index is 11.6. The van der Waals surface area contributed by atoms with Crippen molar-refractivity contribution in [3.05, 3.63) is 0 Å². The summed E-state index contributed by atoms with van der Waals surface area (Å²) in [4.78, 5) is 11.6. The summed E-state index contributed by atoms with van der Waals surface area (Å²) < 4.78 is 5.35. The summed E-state index contributed by atoms with van der Waals surface area (Å²) in [6, 6.07) is 0.554. The largest absolute Gasteiger partial charge is 0.381 e. The summed E-state index contributed by atoms with van der Waals surface area (Å²) in [5.74, 6) is 0.126. The van der Waals surface area contributed by atoms with Crippen LogP contribution in [0.2, 0.25) is 0 Å². The third kappa shape index (κ3) is 6.36. The van der Waals surface area contributed by atoms with E-state index in [0.717, 1.165) is 32.2 Å². The summed E-state index contributed by atoms with van der Waals surface area (Å²) in [6.07, 6.45) is 5.55. The predicted octanol–water partition coefficient (Wildman–Crippen LogP) is 1.84. The van der Waals surface area contributed by atoms with Crippen molar-refractivity contribution >= 4 is 5.91 Å². The van der Waals surface area contributed by atoms with E-state index < -0.39 is 0 Å². The fourth-order valence-electron chi connectivity index (χ4n) is 2.37. The van der Waals surface area contributed by atoms with Crippen molar-refractivity contribution in [1.82, 2.24) is 10.6 Å². The monoisotopic (exact) mass is 256 g/mol. The Balaban J connectivity index is 2.10. The summed E-state index contributed by atoms with van der Waals surface area (Å²) in [6.45, 7) is 6.78. The van der Waals surface area contributed by atoms with E-state index in [9.17, 15) is 4.79 Å². The lowest BCUT2D eigenvalue weighted by molar-refractivity contribution is -0.122. The van der Waals surface area contributed by atoms with E-state index >= 15 is 0 Å². The highest BCUT2D eigenvalue weighted by Gasteiger charge is 2.20. The van der Waals surface area contributed by atoms with Crippen LogP contribution in [0.5, 0.6) is 0 Å². The summed E-state index contributed by atoms with van der Waals surface area (Å²) in [5.41, 5.74) is -0.131. The van der Waals surface area contributed by atoms with Gasteiger partial charge in [0.1, 0.15) is 0 Å². The van der Waals surface area contributed by atoms with Crippen LogP contribution >= 0.6 is 0 Å². The number of amides is 1. The van der Waals surface area contributed by atoms with Gasteiger partial charge in [-0.25, -0.2) is 0 Å². The van der Waals surface area contributed by atoms with Crippen LogP contribution in [0.3, 0.4) is 0 Å². The van der Waals surface area contributed by atoms with Crippen molar-refractivity contribution < 1.29 is 9.53 Å². The Labute approximate surface area is 111 Å². The van der Waals surface area contributed by atoms with Crippen molar-refractivity contribution in [3.63, 3.8) is 0 Å². The van der Waals surface area contributed by atoms with Gasteiger partial charge in [-0.15, -0.1) is 0 Å². The van der Waals surface area contributed by atoms with Gasteiger partial charge in [0.25, 0.3) is 0 Å². The molecule has 106 valence electrons. The smallest absolute Gasteiger partial charge is 0.221 e. The number of hydrogen-bond donors (Lipinski definition) is 2. The van der Waals surface area contributed by atoms with Crippen molar-refractivity contribution in [1.29, 1.82) is 0 Å². The van der Waals surface area contributed by atoms with E-state index in [4.69, 9.17) is 4.74 Å². The van der Waals surface area contributed by atoms with Gasteiger partial charge in [0.15, 0.2) is 0 Å². The zero-order valence-electron chi connectivity index (χ0n) is 12.2. The van der Waals surface area contributed by atoms with Crippen LogP contribution in [0.15, 0.2) is 0 Å². The van der Waals surface area contributed by atoms with Gasteiger partial charge in [-0.1, -0.05) is 0 Å². The number of rotatable bonds is 5. The fourth-order valence-corrected chi connectivity index (χ4v) is 2.37. The minimum atomic E-state index is -0.131. The van der Waals surface area contributed by atoms with E-state index in [1.807, 2.05) is 20.8 Å². The second-order valence-electron chi connectivity index (χ2n) is 6.21. The lowest BCUT2D eigenvalue weighted by Crippen LogP contribution is -2.42. The van der Waals surface area contributed by atoms with Crippen LogP contribution in [-0.2, 0) is 9.53 Å². The third-order valence-corrected chi connectivity index (χ3v) is 3.31. The molecule has 1 rings (SSSR count). The van der Waals surface area contributed by atoms with Crippen molar-refractivity contribution in [2.75, 3.05) is 13.7 Å². The molecule has 1 aliphatic rings. The Morgan fingerprint density at radius 2 is 1.83 bits per heavy atom. The maximum Gasteiger partial charge on any atom is 0.221 e. The number of carbonyl (C=O) groups excluding carboxylic acids is 1. The Kier molecular flexibility index (Phi) is 6.09. The Morgan fingerprint density at radius 3 is 2.33 bits per heavy atom. The van der Waals surface area contributed by atoms with Gasteiger partial charge in [0.2, 0.25) is 5.91 Å². The number of methoxy groups -OCH3 is 1. The lowest BCUT2D eigenvalue weighted by atomic mass is 9.93. The molecule has 0 spiro atoms. The number of nitrogens with one attached hydrogen (secondary N) is 2. The van der Waals surface area contributed by atoms with Crippen molar-refractivity contribution in [2.24, 2.45) is 0 Å². The third-order valence-electron chi connectivity index (χ3n) is 3.31. The van der Waals surface area contributed by atoms with E-state index in [1.54, 1.807) is 7.11 Å². The lowest BCUT2D eigenvalue weighted by Gasteiger charge is -2.28. The summed E-state index contributed by atoms with van der Waals surface area (Å²) in [5, 5.41) is 6.44. The molecular weight excluding hydrogens is 228 g/mol. The molecule has 0 aliphatic heterocycles. The Bertz CT molecular complexity index is 253. The molecule has 1 amide bonds. The van der Waals surface area contributed by atoms with Crippen LogP contribution in [-0.4, -0.2) is 37.2 Å². The normalized spacial score (nSPS) is 24.9. The summed E-state index contributed by atoms with van der Waals surface area (Å²) >= 11 is 0. The highest BCUT2D eigenvalue weighted by atomic mass is 16.5. The van der Waals surface area contributed by atoms with Gasteiger partial charge in [0.05, 0.1) is 6.10 Å². The first kappa shape index (κ1) is 15.4. The van der Waals surface area contributed by atoms with E-state index in [-0.39, 0.29) is 11.4 Å². The number of carbonyl (C=O) groups is 1. The van der Waals surface area contributed by atoms with Crippen LogP contribution < -0.4 is 10.6 Å². The zero-order chi connectivity index (χ0) is 13.6. The van der Waals surface area contributed by atoms with E-state index in [0.29, 0.717) is 18.6 Å². The standard InChI is InChI=1S/C14H28N2O2/c1-14(2,3)16-13(17)9-10-15-11-5-7-12(18-4)8-6-11/h11-12,15H,5-10H2,1-4H3,(H,16,17). The second-order valence-corrected chi connectivity index (χ2v) is 6.21. The van der Waals surface area contributed by atoms with Gasteiger partial charge in [-0.05, 0) is 46.5 Å². The minimum Gasteiger partial charge on any atom is -0.381 e. The predicted molar refractivity (Wildman–Crippen MR) is 73.6 cm³/mol. The molecule has 0 unspecified atom stereocenters. The van der Waals surface area contributed by atoms with Crippen molar-refractivity contribution in [3.8, 4) is 0 Å². The molecule has 0 radical (unpaired) electrons. The molecule has 0 atom stereocenters. The van der Waals surface area contributed by atoms with Crippen LogP contribution in [0.4, 0.5) is 0 Å². The molecular formula is C14H28N2O2. The summed E-state index contributed by atoms with van der Waals surface area (Å²) in [7, 11) is 1.79. The molecule has 18 heavy (non-hydrogen) atoms. The molecule has 1 saturated carbocycles. The van der Waals surface area contributed by atoms with Crippen LogP contribution in [0.1, 0.15) is 52.9 Å². The van der Waals surface area contributed by atoms with Gasteiger partial charge < -0.3 is 15.4 Å². The highest BCUT2D eigenvalue weighted by molar-refractivity contribution is 5.76. The second kappa shape index (κ2) is 7.10. The molecule has 0 saturated heterocycles. The highest BCUT2D eigenvalue weighted by Crippen LogP contribution is 2.20. The zero-order valence-corrected chi connectivity index (χ0v) is 12.2. The fraction of sp³-hybridized carbons (Fsp3) is 0.929. The number of ether oxygens (including phenoxy) is 1. The van der Waals surface area contributed by atoms with Crippen LogP contribution in [0.25, 0.3) is 0 Å². The Hall–Kier alpha value is -0.610. The van der Waals surface area contributed by atoms with E-state index in [1.165, 1.54) is 0 Å². The quantitative estimate of drug-likeness (QED) is 0.789. The molecule has 1 fully saturated rings. The molecule has 0 aromatic rings. The molecule has 1 aliphatic carbocycles. The first-order valence-corrected chi connectivity index (χ1v) is 6.98. The van der Waals surface area contributed by atoms with Gasteiger partial charge >= 0.3 is 0 Å². The van der Waals surface area contributed by atoms with Crippen LogP contribution in [0, 0.1) is 0 Å². The van der Waals surface area contributed by atoms with Crippen molar-refractivity contribution in [2.45, 2.75) is 70.6 Å². The Morgan fingerprint density at radius 1 is 1.22 bits per heavy atom. The first-order chi connectivity index (χ1) is 8.40. The molecule has 0 heterocycles.